The standard InChI is InChI=1S/C35H47NO9/c1-19-25(39)18-35(42)31(43-21(3)37)29-20(2)26(45-27(40)17-24(36(8)9)23-13-11-10-12-14-23)15-16-34(29,7)32(44-22(4)38)30(41)28(19)33(35,5)6/h10-14,24,26,29-32,41-42H,2,15-18H2,1,3-9H3. The Labute approximate surface area is 265 Å². The fourth-order valence-corrected chi connectivity index (χ4v) is 8.05. The van der Waals surface area contributed by atoms with Crippen molar-refractivity contribution in [3.8, 4) is 0 Å². The maximum Gasteiger partial charge on any atom is 0.308 e. The van der Waals surface area contributed by atoms with Crippen LogP contribution in [0.15, 0.2) is 53.6 Å². The van der Waals surface area contributed by atoms with Gasteiger partial charge in [0.2, 0.25) is 0 Å². The molecule has 0 amide bonds. The number of hydrogen-bond donors (Lipinski definition) is 2. The zero-order valence-corrected chi connectivity index (χ0v) is 27.6. The average molecular weight is 626 g/mol. The molecular formula is C35H47NO9. The average Bonchev–Trinajstić information content (AvgIpc) is 2.94. The van der Waals surface area contributed by atoms with Crippen LogP contribution < -0.4 is 0 Å². The summed E-state index contributed by atoms with van der Waals surface area (Å²) in [6.07, 6.45) is -4.59. The molecule has 4 rings (SSSR count). The van der Waals surface area contributed by atoms with Gasteiger partial charge >= 0.3 is 17.9 Å². The molecule has 3 aliphatic carbocycles. The van der Waals surface area contributed by atoms with Crippen molar-refractivity contribution in [1.29, 1.82) is 0 Å². The largest absolute Gasteiger partial charge is 0.459 e. The van der Waals surface area contributed by atoms with Gasteiger partial charge in [-0.3, -0.25) is 19.2 Å². The van der Waals surface area contributed by atoms with Crippen LogP contribution >= 0.6 is 0 Å². The third kappa shape index (κ3) is 6.00. The molecule has 0 aliphatic heterocycles. The summed E-state index contributed by atoms with van der Waals surface area (Å²) < 4.78 is 17.9. The third-order valence-corrected chi connectivity index (χ3v) is 10.5. The van der Waals surface area contributed by atoms with Crippen LogP contribution in [-0.2, 0) is 33.4 Å². The van der Waals surface area contributed by atoms with Crippen molar-refractivity contribution in [3.63, 3.8) is 0 Å². The number of rotatable bonds is 7. The second-order valence-corrected chi connectivity index (χ2v) is 13.9. The van der Waals surface area contributed by atoms with Crippen LogP contribution in [0.5, 0.6) is 0 Å². The van der Waals surface area contributed by atoms with Gasteiger partial charge in [0.05, 0.1) is 6.42 Å². The normalized spacial score (nSPS) is 33.4. The number of ether oxygens (including phenoxy) is 3. The van der Waals surface area contributed by atoms with Crippen molar-refractivity contribution < 1.29 is 43.6 Å². The lowest BCUT2D eigenvalue weighted by Gasteiger charge is -2.61. The molecular weight excluding hydrogens is 578 g/mol. The Kier molecular flexibility index (Phi) is 9.56. The summed E-state index contributed by atoms with van der Waals surface area (Å²) in [4.78, 5) is 54.0. The van der Waals surface area contributed by atoms with E-state index in [0.29, 0.717) is 5.57 Å². The highest BCUT2D eigenvalue weighted by Crippen LogP contribution is 2.61. The molecule has 8 atom stereocenters. The highest BCUT2D eigenvalue weighted by molar-refractivity contribution is 5.98. The van der Waals surface area contributed by atoms with Crippen LogP contribution in [0.25, 0.3) is 0 Å². The van der Waals surface area contributed by atoms with E-state index in [0.717, 1.165) is 5.56 Å². The Morgan fingerprint density at radius 3 is 2.16 bits per heavy atom. The highest BCUT2D eigenvalue weighted by Gasteiger charge is 2.68. The summed E-state index contributed by atoms with van der Waals surface area (Å²) in [7, 11) is 3.76. The first-order chi connectivity index (χ1) is 20.9. The van der Waals surface area contributed by atoms with Gasteiger partial charge in [-0.1, -0.05) is 57.7 Å². The number of Topliss-reactive ketones (excluding diaryl/α,β-unsaturated/α-hetero) is 1. The number of carbonyl (C=O) groups excluding carboxylic acids is 4. The Morgan fingerprint density at radius 1 is 1.02 bits per heavy atom. The SMILES string of the molecule is C=C1C(OC(=O)CC(c2ccccc2)N(C)C)CCC2(C)C(OC(C)=O)C(O)C3=C(C)C(=O)CC(O)(C(OC(C)=O)C12)C3(C)C. The first-order valence-corrected chi connectivity index (χ1v) is 15.5. The molecule has 246 valence electrons. The van der Waals surface area contributed by atoms with Crippen LogP contribution in [0, 0.1) is 16.7 Å². The van der Waals surface area contributed by atoms with E-state index < -0.39 is 70.5 Å². The van der Waals surface area contributed by atoms with Gasteiger partial charge in [-0.15, -0.1) is 0 Å². The van der Waals surface area contributed by atoms with Gasteiger partial charge in [0.1, 0.15) is 30.0 Å². The monoisotopic (exact) mass is 625 g/mol. The number of hydrogen-bond acceptors (Lipinski definition) is 10. The minimum absolute atomic E-state index is 0.0593. The van der Waals surface area contributed by atoms with Crippen LogP contribution in [0.1, 0.15) is 78.8 Å². The van der Waals surface area contributed by atoms with E-state index in [2.05, 4.69) is 6.58 Å². The molecule has 0 saturated heterocycles. The number of benzene rings is 1. The van der Waals surface area contributed by atoms with E-state index in [1.165, 1.54) is 13.8 Å². The number of fused-ring (bicyclic) bond motifs is 3. The van der Waals surface area contributed by atoms with E-state index >= 15 is 0 Å². The first kappa shape index (κ1) is 34.5. The Morgan fingerprint density at radius 2 is 1.60 bits per heavy atom. The molecule has 1 aromatic carbocycles. The summed E-state index contributed by atoms with van der Waals surface area (Å²) in [5.41, 5.74) is -2.61. The van der Waals surface area contributed by atoms with Gasteiger partial charge in [-0.25, -0.2) is 0 Å². The first-order valence-electron chi connectivity index (χ1n) is 15.5. The molecule has 2 fully saturated rings. The van der Waals surface area contributed by atoms with Crippen LogP contribution in [0.4, 0.5) is 0 Å². The number of esters is 3. The molecule has 2 bridgehead atoms. The van der Waals surface area contributed by atoms with Crippen LogP contribution in [0.2, 0.25) is 0 Å². The molecule has 0 spiro atoms. The molecule has 2 N–H and O–H groups in total. The smallest absolute Gasteiger partial charge is 0.308 e. The lowest BCUT2D eigenvalue weighted by Crippen LogP contribution is -2.70. The maximum absolute atomic E-state index is 13.5. The molecule has 0 heterocycles. The number of ketones is 1. The number of nitrogens with zero attached hydrogens (tertiary/aromatic N) is 1. The molecule has 1 aromatic rings. The van der Waals surface area contributed by atoms with Crippen molar-refractivity contribution in [2.45, 2.75) is 103 Å². The van der Waals surface area contributed by atoms with E-state index in [1.54, 1.807) is 27.7 Å². The van der Waals surface area contributed by atoms with E-state index in [-0.39, 0.29) is 42.9 Å². The van der Waals surface area contributed by atoms with Crippen molar-refractivity contribution in [3.05, 3.63) is 59.2 Å². The van der Waals surface area contributed by atoms with E-state index in [4.69, 9.17) is 14.2 Å². The van der Waals surface area contributed by atoms with Gasteiger partial charge in [0.15, 0.2) is 5.78 Å². The Balaban J connectivity index is 1.81. The second kappa shape index (κ2) is 12.5. The van der Waals surface area contributed by atoms with Crippen molar-refractivity contribution in [2.75, 3.05) is 14.1 Å². The summed E-state index contributed by atoms with van der Waals surface area (Å²) in [5.74, 6) is -3.20. The van der Waals surface area contributed by atoms with Crippen LogP contribution in [0.3, 0.4) is 0 Å². The number of aliphatic hydroxyl groups excluding tert-OH is 1. The Bertz CT molecular complexity index is 1400. The predicted octanol–water partition coefficient (Wildman–Crippen LogP) is 3.85. The van der Waals surface area contributed by atoms with E-state index in [1.807, 2.05) is 49.3 Å². The van der Waals surface area contributed by atoms with Crippen molar-refractivity contribution in [2.24, 2.45) is 16.7 Å². The molecule has 45 heavy (non-hydrogen) atoms. The van der Waals surface area contributed by atoms with Crippen molar-refractivity contribution >= 4 is 23.7 Å². The summed E-state index contributed by atoms with van der Waals surface area (Å²) in [6.45, 7) is 13.5. The quantitative estimate of drug-likeness (QED) is 0.261. The number of carbonyl (C=O) groups is 4. The van der Waals surface area contributed by atoms with Gasteiger partial charge in [0, 0.05) is 43.1 Å². The number of allylic oxidation sites excluding steroid dienone is 1. The Hall–Kier alpha value is -3.34. The summed E-state index contributed by atoms with van der Waals surface area (Å²) in [5, 5.41) is 24.5. The molecule has 8 unspecified atom stereocenters. The minimum Gasteiger partial charge on any atom is -0.459 e. The van der Waals surface area contributed by atoms with Gasteiger partial charge in [-0.2, -0.15) is 0 Å². The lowest BCUT2D eigenvalue weighted by molar-refractivity contribution is -0.232. The van der Waals surface area contributed by atoms with Crippen LogP contribution in [-0.4, -0.2) is 82.9 Å². The molecule has 10 heteroatoms. The molecule has 3 aliphatic rings. The van der Waals surface area contributed by atoms with Gasteiger partial charge in [-0.05, 0) is 56.1 Å². The molecule has 0 aromatic heterocycles. The number of aliphatic hydroxyl groups is 2. The fourth-order valence-electron chi connectivity index (χ4n) is 8.05. The molecule has 2 saturated carbocycles. The topological polar surface area (TPSA) is 140 Å². The fraction of sp³-hybridized carbons (Fsp3) is 0.600. The zero-order valence-electron chi connectivity index (χ0n) is 27.6. The molecule has 0 radical (unpaired) electrons. The molecule has 10 nitrogen and oxygen atoms in total. The second-order valence-electron chi connectivity index (χ2n) is 13.9. The summed E-state index contributed by atoms with van der Waals surface area (Å²) in [6, 6.07) is 9.36. The predicted molar refractivity (Wildman–Crippen MR) is 166 cm³/mol. The van der Waals surface area contributed by atoms with Crippen molar-refractivity contribution in [1.82, 2.24) is 4.90 Å². The van der Waals surface area contributed by atoms with E-state index in [9.17, 15) is 29.4 Å². The third-order valence-electron chi connectivity index (χ3n) is 10.5. The maximum atomic E-state index is 13.5. The lowest BCUT2D eigenvalue weighted by atomic mass is 9.48. The van der Waals surface area contributed by atoms with Gasteiger partial charge in [0.25, 0.3) is 0 Å². The highest BCUT2D eigenvalue weighted by atomic mass is 16.6. The minimum atomic E-state index is -1.98. The summed E-state index contributed by atoms with van der Waals surface area (Å²) >= 11 is 0. The zero-order chi connectivity index (χ0) is 33.6. The van der Waals surface area contributed by atoms with Gasteiger partial charge < -0.3 is 29.3 Å².